The number of furan rings is 1. The van der Waals surface area contributed by atoms with Gasteiger partial charge in [0.1, 0.15) is 22.9 Å². The SMILES string of the molecule is Cc1cc(C(=O)NC2CCN(c3ccnc4c(F)cc(F)cc34)CC2)c(C)o1. The van der Waals surface area contributed by atoms with E-state index >= 15 is 0 Å². The van der Waals surface area contributed by atoms with Crippen LogP contribution in [0.4, 0.5) is 14.5 Å². The molecule has 3 heterocycles. The van der Waals surface area contributed by atoms with Gasteiger partial charge in [-0.1, -0.05) is 0 Å². The average Bonchev–Trinajstić information content (AvgIpc) is 3.00. The van der Waals surface area contributed by atoms with Crippen LogP contribution in [0.15, 0.2) is 34.9 Å². The molecule has 146 valence electrons. The lowest BCUT2D eigenvalue weighted by atomic mass is 10.0. The van der Waals surface area contributed by atoms with Crippen molar-refractivity contribution in [3.05, 3.63) is 59.2 Å². The fraction of sp³-hybridized carbons (Fsp3) is 0.333. The number of halogens is 2. The van der Waals surface area contributed by atoms with Crippen molar-refractivity contribution in [2.75, 3.05) is 18.0 Å². The third kappa shape index (κ3) is 3.44. The minimum atomic E-state index is -0.662. The van der Waals surface area contributed by atoms with Gasteiger partial charge >= 0.3 is 0 Å². The van der Waals surface area contributed by atoms with Gasteiger partial charge in [-0.25, -0.2) is 8.78 Å². The third-order valence-electron chi connectivity index (χ3n) is 5.20. The Labute approximate surface area is 161 Å². The fourth-order valence-corrected chi connectivity index (χ4v) is 3.82. The number of hydrogen-bond donors (Lipinski definition) is 1. The molecule has 0 unspecified atom stereocenters. The highest BCUT2D eigenvalue weighted by Gasteiger charge is 2.24. The lowest BCUT2D eigenvalue weighted by Crippen LogP contribution is -2.44. The molecule has 0 atom stereocenters. The largest absolute Gasteiger partial charge is 0.466 e. The topological polar surface area (TPSA) is 58.4 Å². The zero-order valence-corrected chi connectivity index (χ0v) is 15.8. The fourth-order valence-electron chi connectivity index (χ4n) is 3.82. The Morgan fingerprint density at radius 1 is 1.21 bits per heavy atom. The summed E-state index contributed by atoms with van der Waals surface area (Å²) in [5, 5.41) is 3.52. The number of piperidine rings is 1. The van der Waals surface area contributed by atoms with Gasteiger partial charge in [0.25, 0.3) is 5.91 Å². The standard InChI is InChI=1S/C21H21F2N3O2/c1-12-9-16(13(2)28-12)21(27)25-15-4-7-26(8-5-15)19-3-6-24-20-17(19)10-14(22)11-18(20)23/h3,6,9-11,15H,4-5,7-8H2,1-2H3,(H,25,27). The van der Waals surface area contributed by atoms with Crippen LogP contribution in [0.25, 0.3) is 10.9 Å². The molecule has 0 bridgehead atoms. The second kappa shape index (κ2) is 7.22. The van der Waals surface area contributed by atoms with Crippen LogP contribution in [0.1, 0.15) is 34.7 Å². The molecular formula is C21H21F2N3O2. The van der Waals surface area contributed by atoms with Crippen LogP contribution in [0.5, 0.6) is 0 Å². The average molecular weight is 385 g/mol. The molecule has 1 aliphatic rings. The first-order valence-electron chi connectivity index (χ1n) is 9.29. The van der Waals surface area contributed by atoms with Crippen LogP contribution in [0.3, 0.4) is 0 Å². The highest BCUT2D eigenvalue weighted by atomic mass is 19.1. The van der Waals surface area contributed by atoms with Crippen molar-refractivity contribution in [2.24, 2.45) is 0 Å². The highest BCUT2D eigenvalue weighted by Crippen LogP contribution is 2.30. The summed E-state index contributed by atoms with van der Waals surface area (Å²) < 4.78 is 33.1. The zero-order chi connectivity index (χ0) is 19.8. The molecular weight excluding hydrogens is 364 g/mol. The number of amides is 1. The molecule has 7 heteroatoms. The molecule has 5 nitrogen and oxygen atoms in total. The summed E-state index contributed by atoms with van der Waals surface area (Å²) in [4.78, 5) is 18.6. The number of carbonyl (C=O) groups excluding carboxylic acids is 1. The number of aromatic nitrogens is 1. The first-order chi connectivity index (χ1) is 13.4. The Bertz CT molecular complexity index is 1040. The maximum atomic E-state index is 14.0. The van der Waals surface area contributed by atoms with Gasteiger partial charge in [0.05, 0.1) is 5.56 Å². The number of nitrogens with zero attached hydrogens (tertiary/aromatic N) is 2. The summed E-state index contributed by atoms with van der Waals surface area (Å²) in [5.74, 6) is -0.0931. The maximum Gasteiger partial charge on any atom is 0.255 e. The summed E-state index contributed by atoms with van der Waals surface area (Å²) in [6.45, 7) is 4.93. The van der Waals surface area contributed by atoms with E-state index in [4.69, 9.17) is 4.42 Å². The van der Waals surface area contributed by atoms with E-state index < -0.39 is 11.6 Å². The van der Waals surface area contributed by atoms with Crippen LogP contribution in [0, 0.1) is 25.5 Å². The minimum absolute atomic E-state index is 0.0416. The lowest BCUT2D eigenvalue weighted by Gasteiger charge is -2.34. The van der Waals surface area contributed by atoms with E-state index in [1.807, 2.05) is 6.92 Å². The van der Waals surface area contributed by atoms with Gasteiger partial charge in [-0.05, 0) is 44.9 Å². The lowest BCUT2D eigenvalue weighted by molar-refractivity contribution is 0.0929. The molecule has 4 rings (SSSR count). The number of nitrogens with one attached hydrogen (secondary N) is 1. The van der Waals surface area contributed by atoms with Gasteiger partial charge in [0.15, 0.2) is 5.82 Å². The molecule has 1 N–H and O–H groups in total. The summed E-state index contributed by atoms with van der Waals surface area (Å²) in [6, 6.07) is 5.72. The zero-order valence-electron chi connectivity index (χ0n) is 15.8. The van der Waals surface area contributed by atoms with E-state index in [0.29, 0.717) is 35.6 Å². The molecule has 28 heavy (non-hydrogen) atoms. The molecule has 0 aliphatic carbocycles. The smallest absolute Gasteiger partial charge is 0.255 e. The van der Waals surface area contributed by atoms with E-state index in [9.17, 15) is 13.6 Å². The van der Waals surface area contributed by atoms with Crippen molar-refractivity contribution >= 4 is 22.5 Å². The molecule has 0 radical (unpaired) electrons. The molecule has 1 fully saturated rings. The first-order valence-corrected chi connectivity index (χ1v) is 9.29. The predicted molar refractivity (Wildman–Crippen MR) is 103 cm³/mol. The van der Waals surface area contributed by atoms with Crippen LogP contribution in [-0.4, -0.2) is 30.0 Å². The molecule has 1 amide bonds. The minimum Gasteiger partial charge on any atom is -0.466 e. The number of hydrogen-bond acceptors (Lipinski definition) is 4. The van der Waals surface area contributed by atoms with Gasteiger partial charge in [-0.2, -0.15) is 0 Å². The van der Waals surface area contributed by atoms with E-state index in [-0.39, 0.29) is 17.5 Å². The van der Waals surface area contributed by atoms with Crippen molar-refractivity contribution in [1.82, 2.24) is 10.3 Å². The molecule has 3 aromatic rings. The van der Waals surface area contributed by atoms with Crippen LogP contribution >= 0.6 is 0 Å². The van der Waals surface area contributed by atoms with Crippen molar-refractivity contribution < 1.29 is 18.0 Å². The monoisotopic (exact) mass is 385 g/mol. The number of pyridine rings is 1. The van der Waals surface area contributed by atoms with Gasteiger partial charge in [-0.15, -0.1) is 0 Å². The van der Waals surface area contributed by atoms with Gasteiger partial charge in [0.2, 0.25) is 0 Å². The van der Waals surface area contributed by atoms with Gasteiger partial charge in [0, 0.05) is 42.5 Å². The van der Waals surface area contributed by atoms with Crippen LogP contribution < -0.4 is 10.2 Å². The van der Waals surface area contributed by atoms with Crippen molar-refractivity contribution in [2.45, 2.75) is 32.7 Å². The summed E-state index contributed by atoms with van der Waals surface area (Å²) in [6.07, 6.45) is 3.02. The number of benzene rings is 1. The predicted octanol–water partition coefficient (Wildman–Crippen LogP) is 4.12. The molecule has 0 saturated carbocycles. The first kappa shape index (κ1) is 18.4. The van der Waals surface area contributed by atoms with E-state index in [1.165, 1.54) is 12.3 Å². The van der Waals surface area contributed by atoms with E-state index in [1.54, 1.807) is 19.1 Å². The van der Waals surface area contributed by atoms with Gasteiger partial charge in [-0.3, -0.25) is 9.78 Å². The van der Waals surface area contributed by atoms with Gasteiger partial charge < -0.3 is 14.6 Å². The van der Waals surface area contributed by atoms with Crippen LogP contribution in [-0.2, 0) is 0 Å². The summed E-state index contributed by atoms with van der Waals surface area (Å²) in [5.41, 5.74) is 1.49. The van der Waals surface area contributed by atoms with E-state index in [2.05, 4.69) is 15.2 Å². The van der Waals surface area contributed by atoms with Crippen LogP contribution in [0.2, 0.25) is 0 Å². The summed E-state index contributed by atoms with van der Waals surface area (Å²) >= 11 is 0. The Kier molecular flexibility index (Phi) is 4.75. The number of fused-ring (bicyclic) bond motifs is 1. The molecule has 2 aromatic heterocycles. The Morgan fingerprint density at radius 3 is 2.64 bits per heavy atom. The van der Waals surface area contributed by atoms with Crippen molar-refractivity contribution in [3.63, 3.8) is 0 Å². The molecule has 0 spiro atoms. The quantitative estimate of drug-likeness (QED) is 0.737. The number of aryl methyl sites for hydroxylation is 2. The third-order valence-corrected chi connectivity index (χ3v) is 5.20. The molecule has 1 aromatic carbocycles. The number of anilines is 1. The highest BCUT2D eigenvalue weighted by molar-refractivity contribution is 5.95. The number of rotatable bonds is 3. The van der Waals surface area contributed by atoms with Crippen molar-refractivity contribution in [1.29, 1.82) is 0 Å². The van der Waals surface area contributed by atoms with E-state index in [0.717, 1.165) is 24.6 Å². The second-order valence-electron chi connectivity index (χ2n) is 7.18. The molecule has 1 aliphatic heterocycles. The maximum absolute atomic E-state index is 14.0. The molecule has 1 saturated heterocycles. The Balaban J connectivity index is 1.47. The van der Waals surface area contributed by atoms with Crippen molar-refractivity contribution in [3.8, 4) is 0 Å². The Hall–Kier alpha value is -2.96. The summed E-state index contributed by atoms with van der Waals surface area (Å²) in [7, 11) is 0. The Morgan fingerprint density at radius 2 is 1.96 bits per heavy atom. The second-order valence-corrected chi connectivity index (χ2v) is 7.18. The number of carbonyl (C=O) groups is 1. The normalized spacial score (nSPS) is 15.2.